The van der Waals surface area contributed by atoms with Crippen LogP contribution in [0.4, 0.5) is 4.39 Å². The highest BCUT2D eigenvalue weighted by Crippen LogP contribution is 2.18. The van der Waals surface area contributed by atoms with Crippen molar-refractivity contribution in [2.45, 2.75) is 19.0 Å². The van der Waals surface area contributed by atoms with Crippen LogP contribution in [0.25, 0.3) is 10.9 Å². The normalized spacial score (nSPS) is 12.0. The van der Waals surface area contributed by atoms with Gasteiger partial charge in [0, 0.05) is 19.2 Å². The first kappa shape index (κ1) is 16.7. The highest BCUT2D eigenvalue weighted by molar-refractivity contribution is 5.85. The van der Waals surface area contributed by atoms with E-state index in [1.54, 1.807) is 47.2 Å². The summed E-state index contributed by atoms with van der Waals surface area (Å²) in [5, 5.41) is 12.8. The van der Waals surface area contributed by atoms with Crippen LogP contribution < -0.4 is 5.32 Å². The minimum atomic E-state index is -1.12. The molecule has 0 spiro atoms. The fourth-order valence-corrected chi connectivity index (χ4v) is 2.74. The fourth-order valence-electron chi connectivity index (χ4n) is 2.74. The van der Waals surface area contributed by atoms with Gasteiger partial charge in [0.1, 0.15) is 5.82 Å². The third-order valence-corrected chi connectivity index (χ3v) is 4.00. The fraction of sp³-hybridized carbons (Fsp3) is 0.158. The lowest BCUT2D eigenvalue weighted by Gasteiger charge is -2.15. The summed E-state index contributed by atoms with van der Waals surface area (Å²) >= 11 is 0. The van der Waals surface area contributed by atoms with Crippen LogP contribution in [0.15, 0.2) is 60.8 Å². The van der Waals surface area contributed by atoms with Gasteiger partial charge in [-0.05, 0) is 35.2 Å². The van der Waals surface area contributed by atoms with Crippen molar-refractivity contribution in [2.24, 2.45) is 0 Å². The number of nitrogens with one attached hydrogen (secondary N) is 1. The van der Waals surface area contributed by atoms with E-state index in [0.29, 0.717) is 17.6 Å². The number of rotatable bonds is 6. The second kappa shape index (κ2) is 7.17. The van der Waals surface area contributed by atoms with Crippen molar-refractivity contribution >= 4 is 22.8 Å². The van der Waals surface area contributed by atoms with Gasteiger partial charge in [-0.3, -0.25) is 4.79 Å². The molecule has 1 aromatic heterocycles. The van der Waals surface area contributed by atoms with Crippen molar-refractivity contribution in [2.75, 3.05) is 0 Å². The number of carboxylic acids is 1. The Morgan fingerprint density at radius 2 is 1.88 bits per heavy atom. The van der Waals surface area contributed by atoms with E-state index in [1.807, 2.05) is 6.07 Å². The van der Waals surface area contributed by atoms with Crippen molar-refractivity contribution in [1.82, 2.24) is 9.88 Å². The number of amides is 1. The second-order valence-corrected chi connectivity index (χ2v) is 5.71. The summed E-state index contributed by atoms with van der Waals surface area (Å²) in [6.45, 7) is 0.333. The molecule has 1 amide bonds. The highest BCUT2D eigenvalue weighted by Gasteiger charge is 2.21. The van der Waals surface area contributed by atoms with E-state index in [2.05, 4.69) is 5.32 Å². The molecule has 0 saturated heterocycles. The number of hydrogen-bond acceptors (Lipinski definition) is 2. The molecular weight excluding hydrogens is 323 g/mol. The molecular formula is C19H17FN2O3. The minimum absolute atomic E-state index is 0.0942. The zero-order chi connectivity index (χ0) is 17.8. The SMILES string of the molecule is O=C(CCn1ccc2ccc(F)cc21)N[C@@H](C(=O)O)c1ccccc1. The molecule has 0 aliphatic rings. The van der Waals surface area contributed by atoms with Crippen LogP contribution in [0.3, 0.4) is 0 Å². The van der Waals surface area contributed by atoms with Crippen LogP contribution >= 0.6 is 0 Å². The molecule has 0 unspecified atom stereocenters. The predicted octanol–water partition coefficient (Wildman–Crippen LogP) is 3.11. The summed E-state index contributed by atoms with van der Waals surface area (Å²) in [6.07, 6.45) is 1.88. The van der Waals surface area contributed by atoms with Crippen LogP contribution in [-0.4, -0.2) is 21.6 Å². The molecule has 5 nitrogen and oxygen atoms in total. The Morgan fingerprint density at radius 3 is 2.60 bits per heavy atom. The molecule has 3 rings (SSSR count). The van der Waals surface area contributed by atoms with Gasteiger partial charge in [0.05, 0.1) is 5.52 Å². The van der Waals surface area contributed by atoms with Crippen molar-refractivity contribution in [1.29, 1.82) is 0 Å². The van der Waals surface area contributed by atoms with Crippen molar-refractivity contribution in [3.8, 4) is 0 Å². The number of carbonyl (C=O) groups excluding carboxylic acids is 1. The van der Waals surface area contributed by atoms with E-state index in [4.69, 9.17) is 0 Å². The first-order valence-corrected chi connectivity index (χ1v) is 7.86. The van der Waals surface area contributed by atoms with E-state index in [0.717, 1.165) is 5.39 Å². The summed E-state index contributed by atoms with van der Waals surface area (Å²) in [4.78, 5) is 23.6. The van der Waals surface area contributed by atoms with Gasteiger partial charge in [-0.15, -0.1) is 0 Å². The third-order valence-electron chi connectivity index (χ3n) is 4.00. The molecule has 1 atom stereocenters. The van der Waals surface area contributed by atoms with Crippen LogP contribution in [0.5, 0.6) is 0 Å². The molecule has 1 heterocycles. The summed E-state index contributed by atoms with van der Waals surface area (Å²) in [6, 6.07) is 13.8. The largest absolute Gasteiger partial charge is 0.479 e. The second-order valence-electron chi connectivity index (χ2n) is 5.71. The standard InChI is InChI=1S/C19H17FN2O3/c20-15-7-6-13-8-10-22(16(13)12-15)11-9-17(23)21-18(19(24)25)14-4-2-1-3-5-14/h1-8,10,12,18H,9,11H2,(H,21,23)(H,24,25)/t18-/m1/s1. The molecule has 0 bridgehead atoms. The molecule has 0 aliphatic carbocycles. The maximum Gasteiger partial charge on any atom is 0.330 e. The van der Waals surface area contributed by atoms with Crippen molar-refractivity contribution in [3.63, 3.8) is 0 Å². The number of aliphatic carboxylic acids is 1. The summed E-state index contributed by atoms with van der Waals surface area (Å²) in [7, 11) is 0. The number of aromatic nitrogens is 1. The maximum atomic E-state index is 13.4. The number of halogens is 1. The van der Waals surface area contributed by atoms with Gasteiger partial charge in [-0.25, -0.2) is 9.18 Å². The van der Waals surface area contributed by atoms with Gasteiger partial charge in [0.15, 0.2) is 6.04 Å². The summed E-state index contributed by atoms with van der Waals surface area (Å²) < 4.78 is 15.2. The summed E-state index contributed by atoms with van der Waals surface area (Å²) in [5.74, 6) is -1.84. The summed E-state index contributed by atoms with van der Waals surface area (Å²) in [5.41, 5.74) is 1.21. The van der Waals surface area contributed by atoms with E-state index in [-0.39, 0.29) is 18.1 Å². The van der Waals surface area contributed by atoms with E-state index in [1.165, 1.54) is 12.1 Å². The Hall–Kier alpha value is -3.15. The number of carboxylic acid groups (broad SMARTS) is 1. The van der Waals surface area contributed by atoms with Gasteiger partial charge in [-0.1, -0.05) is 30.3 Å². The van der Waals surface area contributed by atoms with Crippen LogP contribution in [0.2, 0.25) is 0 Å². The Balaban J connectivity index is 1.67. The molecule has 6 heteroatoms. The average molecular weight is 340 g/mol. The first-order chi connectivity index (χ1) is 12.0. The predicted molar refractivity (Wildman–Crippen MR) is 91.5 cm³/mol. The molecule has 0 fully saturated rings. The number of hydrogen-bond donors (Lipinski definition) is 2. The molecule has 128 valence electrons. The van der Waals surface area contributed by atoms with E-state index in [9.17, 15) is 19.1 Å². The molecule has 0 saturated carbocycles. The van der Waals surface area contributed by atoms with Crippen LogP contribution in [-0.2, 0) is 16.1 Å². The Labute approximate surface area is 143 Å². The topological polar surface area (TPSA) is 71.3 Å². The van der Waals surface area contributed by atoms with E-state index < -0.39 is 12.0 Å². The van der Waals surface area contributed by atoms with Crippen molar-refractivity contribution < 1.29 is 19.1 Å². The number of carbonyl (C=O) groups is 2. The number of benzene rings is 2. The van der Waals surface area contributed by atoms with Gasteiger partial charge >= 0.3 is 5.97 Å². The molecule has 25 heavy (non-hydrogen) atoms. The zero-order valence-corrected chi connectivity index (χ0v) is 13.4. The lowest BCUT2D eigenvalue weighted by atomic mass is 10.1. The molecule has 3 aromatic rings. The van der Waals surface area contributed by atoms with Gasteiger partial charge in [0.25, 0.3) is 0 Å². The Kier molecular flexibility index (Phi) is 4.79. The monoisotopic (exact) mass is 340 g/mol. The Morgan fingerprint density at radius 1 is 1.12 bits per heavy atom. The molecule has 0 radical (unpaired) electrons. The van der Waals surface area contributed by atoms with Crippen LogP contribution in [0, 0.1) is 5.82 Å². The highest BCUT2D eigenvalue weighted by atomic mass is 19.1. The molecule has 2 aromatic carbocycles. The lowest BCUT2D eigenvalue weighted by Crippen LogP contribution is -2.34. The number of nitrogens with zero attached hydrogens (tertiary/aromatic N) is 1. The van der Waals surface area contributed by atoms with E-state index >= 15 is 0 Å². The average Bonchev–Trinajstić information content (AvgIpc) is 3.00. The van der Waals surface area contributed by atoms with Gasteiger partial charge < -0.3 is 15.0 Å². The Bertz CT molecular complexity index is 905. The van der Waals surface area contributed by atoms with Gasteiger partial charge in [-0.2, -0.15) is 0 Å². The van der Waals surface area contributed by atoms with Crippen LogP contribution in [0.1, 0.15) is 18.0 Å². The van der Waals surface area contributed by atoms with Gasteiger partial charge in [0.2, 0.25) is 5.91 Å². The number of fused-ring (bicyclic) bond motifs is 1. The first-order valence-electron chi connectivity index (χ1n) is 7.86. The lowest BCUT2D eigenvalue weighted by molar-refractivity contribution is -0.142. The maximum absolute atomic E-state index is 13.4. The van der Waals surface area contributed by atoms with Crippen molar-refractivity contribution in [3.05, 3.63) is 72.2 Å². The third kappa shape index (κ3) is 3.85. The number of aryl methyl sites for hydroxylation is 1. The molecule has 2 N–H and O–H groups in total. The molecule has 0 aliphatic heterocycles. The quantitative estimate of drug-likeness (QED) is 0.724. The smallest absolute Gasteiger partial charge is 0.330 e. The zero-order valence-electron chi connectivity index (χ0n) is 13.4. The minimum Gasteiger partial charge on any atom is -0.479 e.